The number of carbonyl (C=O) groups is 2. The summed E-state index contributed by atoms with van der Waals surface area (Å²) < 4.78 is 0. The summed E-state index contributed by atoms with van der Waals surface area (Å²) in [6.45, 7) is 2.48. The molecule has 2 amide bonds. The lowest BCUT2D eigenvalue weighted by atomic mass is 9.96. The van der Waals surface area contributed by atoms with Crippen LogP contribution in [0.4, 0.5) is 0 Å². The fourth-order valence-corrected chi connectivity index (χ4v) is 4.34. The average Bonchev–Trinajstić information content (AvgIpc) is 3.25. The van der Waals surface area contributed by atoms with E-state index >= 15 is 0 Å². The minimum absolute atomic E-state index is 0.0608. The molecule has 1 aromatic carbocycles. The highest BCUT2D eigenvalue weighted by Crippen LogP contribution is 2.26. The summed E-state index contributed by atoms with van der Waals surface area (Å²) in [7, 11) is 1.69. The van der Waals surface area contributed by atoms with E-state index < -0.39 is 0 Å². The Morgan fingerprint density at radius 2 is 1.89 bits per heavy atom. The Bertz CT molecular complexity index is 725. The van der Waals surface area contributed by atoms with Crippen LogP contribution in [-0.2, 0) is 9.59 Å². The first kappa shape index (κ1) is 19.6. The Morgan fingerprint density at radius 3 is 2.52 bits per heavy atom. The number of nitrogens with one attached hydrogen (secondary N) is 2. The van der Waals surface area contributed by atoms with Crippen LogP contribution >= 0.6 is 11.3 Å². The van der Waals surface area contributed by atoms with Crippen LogP contribution in [0, 0.1) is 5.92 Å². The topological polar surface area (TPSA) is 61.4 Å². The average molecular weight is 386 g/mol. The quantitative estimate of drug-likeness (QED) is 0.770. The van der Waals surface area contributed by atoms with Crippen molar-refractivity contribution in [3.05, 3.63) is 58.3 Å². The summed E-state index contributed by atoms with van der Waals surface area (Å²) in [5, 5.41) is 7.96. The highest BCUT2D eigenvalue weighted by atomic mass is 32.1. The summed E-state index contributed by atoms with van der Waals surface area (Å²) in [5.74, 6) is 0.307. The van der Waals surface area contributed by atoms with Crippen molar-refractivity contribution in [1.29, 1.82) is 0 Å². The van der Waals surface area contributed by atoms with Crippen molar-refractivity contribution >= 4 is 23.2 Å². The fourth-order valence-electron chi connectivity index (χ4n) is 3.54. The second-order valence-electron chi connectivity index (χ2n) is 6.91. The maximum absolute atomic E-state index is 12.6. The third kappa shape index (κ3) is 5.40. The second kappa shape index (κ2) is 9.67. The van der Waals surface area contributed by atoms with E-state index in [0.717, 1.165) is 42.9 Å². The Kier molecular flexibility index (Phi) is 7.01. The summed E-state index contributed by atoms with van der Waals surface area (Å²) >= 11 is 1.66. The molecule has 6 heteroatoms. The van der Waals surface area contributed by atoms with Gasteiger partial charge in [-0.25, -0.2) is 0 Å². The van der Waals surface area contributed by atoms with Gasteiger partial charge in [-0.15, -0.1) is 11.3 Å². The van der Waals surface area contributed by atoms with Gasteiger partial charge in [-0.2, -0.15) is 0 Å². The van der Waals surface area contributed by atoms with Crippen molar-refractivity contribution in [2.75, 3.05) is 26.7 Å². The third-order valence-electron chi connectivity index (χ3n) is 5.13. The van der Waals surface area contributed by atoms with Gasteiger partial charge in [-0.05, 0) is 42.9 Å². The molecule has 1 atom stereocenters. The largest absolute Gasteiger partial charge is 0.359 e. The van der Waals surface area contributed by atoms with Crippen LogP contribution in [0.15, 0.2) is 47.8 Å². The van der Waals surface area contributed by atoms with Crippen molar-refractivity contribution in [2.24, 2.45) is 5.92 Å². The molecular weight excluding hydrogens is 358 g/mol. The standard InChI is InChI=1S/C21H27N3O2S/c1-22-21(26)17-9-12-24(13-10-17)14-11-19(25)23-20(18-8-5-15-27-18)16-6-3-2-4-7-16/h2-8,15,17,20H,9-14H2,1H3,(H,22,26)(H,23,25)/t20-/m0/s1. The molecule has 2 N–H and O–H groups in total. The van der Waals surface area contributed by atoms with Crippen LogP contribution in [0.3, 0.4) is 0 Å². The molecular formula is C21H27N3O2S. The number of hydrogen-bond acceptors (Lipinski definition) is 4. The number of rotatable bonds is 7. The first-order valence-electron chi connectivity index (χ1n) is 9.49. The molecule has 0 radical (unpaired) electrons. The van der Waals surface area contributed by atoms with Crippen LogP contribution in [0.5, 0.6) is 0 Å². The van der Waals surface area contributed by atoms with Gasteiger partial charge >= 0.3 is 0 Å². The van der Waals surface area contributed by atoms with Gasteiger partial charge in [-0.1, -0.05) is 36.4 Å². The number of piperidine rings is 1. The number of thiophene rings is 1. The second-order valence-corrected chi connectivity index (χ2v) is 7.89. The molecule has 5 nitrogen and oxygen atoms in total. The van der Waals surface area contributed by atoms with Crippen molar-refractivity contribution in [2.45, 2.75) is 25.3 Å². The number of nitrogens with zero attached hydrogens (tertiary/aromatic N) is 1. The minimum Gasteiger partial charge on any atom is -0.359 e. The van der Waals surface area contributed by atoms with Crippen LogP contribution < -0.4 is 10.6 Å². The van der Waals surface area contributed by atoms with E-state index in [1.807, 2.05) is 41.8 Å². The lowest BCUT2D eigenvalue weighted by Gasteiger charge is -2.31. The van der Waals surface area contributed by atoms with Crippen LogP contribution in [-0.4, -0.2) is 43.4 Å². The molecule has 0 spiro atoms. The van der Waals surface area contributed by atoms with Gasteiger partial charge in [0.2, 0.25) is 11.8 Å². The molecule has 1 aromatic heterocycles. The SMILES string of the molecule is CNC(=O)C1CCN(CCC(=O)N[C@@H](c2ccccc2)c2cccs2)CC1. The molecule has 3 rings (SSSR count). The lowest BCUT2D eigenvalue weighted by Crippen LogP contribution is -2.41. The molecule has 2 heterocycles. The summed E-state index contributed by atoms with van der Waals surface area (Å²) in [6, 6.07) is 14.1. The molecule has 0 bridgehead atoms. The fraction of sp³-hybridized carbons (Fsp3) is 0.429. The van der Waals surface area contributed by atoms with Crippen molar-refractivity contribution < 1.29 is 9.59 Å². The first-order valence-corrected chi connectivity index (χ1v) is 10.4. The molecule has 144 valence electrons. The normalized spacial score (nSPS) is 16.6. The van der Waals surface area contributed by atoms with Gasteiger partial charge < -0.3 is 15.5 Å². The van der Waals surface area contributed by atoms with Crippen LogP contribution in [0.1, 0.15) is 35.7 Å². The lowest BCUT2D eigenvalue weighted by molar-refractivity contribution is -0.126. The zero-order chi connectivity index (χ0) is 19.1. The summed E-state index contributed by atoms with van der Waals surface area (Å²) in [6.07, 6.45) is 2.20. The molecule has 1 fully saturated rings. The molecule has 27 heavy (non-hydrogen) atoms. The Hall–Kier alpha value is -2.18. The molecule has 0 unspecified atom stereocenters. The molecule has 1 aliphatic rings. The van der Waals surface area contributed by atoms with E-state index in [0.29, 0.717) is 6.42 Å². The van der Waals surface area contributed by atoms with Gasteiger partial charge in [0.15, 0.2) is 0 Å². The van der Waals surface area contributed by atoms with Crippen LogP contribution in [0.2, 0.25) is 0 Å². The summed E-state index contributed by atoms with van der Waals surface area (Å²) in [5.41, 5.74) is 1.10. The van der Waals surface area contributed by atoms with E-state index in [9.17, 15) is 9.59 Å². The minimum atomic E-state index is -0.0994. The monoisotopic (exact) mass is 385 g/mol. The van der Waals surface area contributed by atoms with E-state index in [4.69, 9.17) is 0 Å². The highest BCUT2D eigenvalue weighted by Gasteiger charge is 2.24. The zero-order valence-electron chi connectivity index (χ0n) is 15.7. The van der Waals surface area contributed by atoms with Crippen molar-refractivity contribution in [1.82, 2.24) is 15.5 Å². The van der Waals surface area contributed by atoms with Crippen molar-refractivity contribution in [3.8, 4) is 0 Å². The number of carbonyl (C=O) groups excluding carboxylic acids is 2. The Labute approximate surface area is 164 Å². The number of benzene rings is 1. The smallest absolute Gasteiger partial charge is 0.222 e. The number of likely N-dealkylation sites (tertiary alicyclic amines) is 1. The van der Waals surface area contributed by atoms with Crippen molar-refractivity contribution in [3.63, 3.8) is 0 Å². The van der Waals surface area contributed by atoms with Gasteiger partial charge in [0, 0.05) is 30.8 Å². The predicted octanol–water partition coefficient (Wildman–Crippen LogP) is 2.80. The molecule has 1 saturated heterocycles. The van der Waals surface area contributed by atoms with Gasteiger partial charge in [0.05, 0.1) is 6.04 Å². The van der Waals surface area contributed by atoms with Gasteiger partial charge in [0.1, 0.15) is 0 Å². The molecule has 1 aliphatic heterocycles. The molecule has 2 aromatic rings. The maximum Gasteiger partial charge on any atom is 0.222 e. The van der Waals surface area contributed by atoms with E-state index in [1.54, 1.807) is 18.4 Å². The van der Waals surface area contributed by atoms with E-state index in [1.165, 1.54) is 0 Å². The van der Waals surface area contributed by atoms with E-state index in [2.05, 4.69) is 21.6 Å². The highest BCUT2D eigenvalue weighted by molar-refractivity contribution is 7.10. The predicted molar refractivity (Wildman–Crippen MR) is 109 cm³/mol. The maximum atomic E-state index is 12.6. The van der Waals surface area contributed by atoms with Gasteiger partial charge in [0.25, 0.3) is 0 Å². The third-order valence-corrected chi connectivity index (χ3v) is 6.06. The summed E-state index contributed by atoms with van der Waals surface area (Å²) in [4.78, 5) is 27.7. The van der Waals surface area contributed by atoms with Crippen LogP contribution in [0.25, 0.3) is 0 Å². The zero-order valence-corrected chi connectivity index (χ0v) is 16.5. The Morgan fingerprint density at radius 1 is 1.15 bits per heavy atom. The number of amides is 2. The molecule has 0 saturated carbocycles. The van der Waals surface area contributed by atoms with Gasteiger partial charge in [-0.3, -0.25) is 9.59 Å². The first-order chi connectivity index (χ1) is 13.2. The van der Waals surface area contributed by atoms with E-state index in [-0.39, 0.29) is 23.8 Å². The number of hydrogen-bond donors (Lipinski definition) is 2. The Balaban J connectivity index is 1.51. The molecule has 0 aliphatic carbocycles.